The zero-order valence-electron chi connectivity index (χ0n) is 16.9. The molecule has 0 unspecified atom stereocenters. The summed E-state index contributed by atoms with van der Waals surface area (Å²) in [5.41, 5.74) is 5.12. The fourth-order valence-corrected chi connectivity index (χ4v) is 3.51. The number of hydrogen-bond donors (Lipinski definition) is 0. The number of hydrogen-bond acceptors (Lipinski definition) is 2. The number of aliphatic imine (C=N–C) groups is 1. The van der Waals surface area contributed by atoms with Crippen LogP contribution in [0.2, 0.25) is 0 Å². The summed E-state index contributed by atoms with van der Waals surface area (Å²) in [6.07, 6.45) is 4.46. The van der Waals surface area contributed by atoms with Crippen molar-refractivity contribution in [1.29, 1.82) is 0 Å². The van der Waals surface area contributed by atoms with Gasteiger partial charge in [0.2, 0.25) is 0 Å². The van der Waals surface area contributed by atoms with Crippen LogP contribution < -0.4 is 4.74 Å². The standard InChI is InChI=1S/C25H25FN2O/c1-18-16-25(19(2)15-24(18)27-17-28-13-3-4-14-28)29-23-11-7-21(8-12-23)20-5-9-22(26)10-6-20/h5-12,15-17H,3-4,13-14H2,1-2H3. The fraction of sp³-hybridized carbons (Fsp3) is 0.240. The van der Waals surface area contributed by atoms with Crippen LogP contribution >= 0.6 is 0 Å². The quantitative estimate of drug-likeness (QED) is 0.361. The molecule has 0 atom stereocenters. The molecule has 3 aromatic carbocycles. The van der Waals surface area contributed by atoms with E-state index in [1.54, 1.807) is 12.1 Å². The summed E-state index contributed by atoms with van der Waals surface area (Å²) in [6, 6.07) is 18.5. The molecule has 4 heteroatoms. The summed E-state index contributed by atoms with van der Waals surface area (Å²) in [6.45, 7) is 6.28. The van der Waals surface area contributed by atoms with Crippen molar-refractivity contribution in [2.45, 2.75) is 26.7 Å². The molecule has 0 saturated carbocycles. The van der Waals surface area contributed by atoms with E-state index >= 15 is 0 Å². The van der Waals surface area contributed by atoms with Gasteiger partial charge in [-0.3, -0.25) is 0 Å². The van der Waals surface area contributed by atoms with Crippen LogP contribution in [-0.2, 0) is 0 Å². The number of halogens is 1. The van der Waals surface area contributed by atoms with Crippen molar-refractivity contribution >= 4 is 12.0 Å². The van der Waals surface area contributed by atoms with Crippen molar-refractivity contribution in [3.63, 3.8) is 0 Å². The van der Waals surface area contributed by atoms with Gasteiger partial charge in [-0.15, -0.1) is 0 Å². The van der Waals surface area contributed by atoms with E-state index in [4.69, 9.17) is 4.74 Å². The molecule has 0 aliphatic carbocycles. The maximum Gasteiger partial charge on any atom is 0.130 e. The van der Waals surface area contributed by atoms with Crippen molar-refractivity contribution in [2.75, 3.05) is 13.1 Å². The van der Waals surface area contributed by atoms with Crippen LogP contribution in [0.3, 0.4) is 0 Å². The Bertz CT molecular complexity index is 1000. The molecule has 0 spiro atoms. The SMILES string of the molecule is Cc1cc(Oc2ccc(-c3ccc(F)cc3)cc2)c(C)cc1N=CN1CCCC1. The van der Waals surface area contributed by atoms with Crippen LogP contribution in [0, 0.1) is 19.7 Å². The molecule has 0 amide bonds. The third-order valence-electron chi connectivity index (χ3n) is 5.25. The lowest BCUT2D eigenvalue weighted by molar-refractivity contribution is 0.478. The highest BCUT2D eigenvalue weighted by Gasteiger charge is 2.09. The van der Waals surface area contributed by atoms with E-state index in [2.05, 4.69) is 22.9 Å². The summed E-state index contributed by atoms with van der Waals surface area (Å²) in [5, 5.41) is 0. The Morgan fingerprint density at radius 1 is 0.862 bits per heavy atom. The van der Waals surface area contributed by atoms with Crippen LogP contribution in [0.1, 0.15) is 24.0 Å². The first kappa shape index (κ1) is 19.2. The van der Waals surface area contributed by atoms with Gasteiger partial charge in [-0.25, -0.2) is 9.38 Å². The average Bonchev–Trinajstić information content (AvgIpc) is 3.24. The van der Waals surface area contributed by atoms with E-state index in [0.29, 0.717) is 0 Å². The molecule has 3 aromatic rings. The van der Waals surface area contributed by atoms with E-state index in [1.807, 2.05) is 43.6 Å². The Hall–Kier alpha value is -3.14. The van der Waals surface area contributed by atoms with Crippen molar-refractivity contribution in [2.24, 2.45) is 4.99 Å². The highest BCUT2D eigenvalue weighted by Crippen LogP contribution is 2.32. The lowest BCUT2D eigenvalue weighted by Crippen LogP contribution is -2.16. The van der Waals surface area contributed by atoms with Gasteiger partial charge >= 0.3 is 0 Å². The van der Waals surface area contributed by atoms with E-state index in [9.17, 15) is 4.39 Å². The number of nitrogens with zero attached hydrogens (tertiary/aromatic N) is 2. The monoisotopic (exact) mass is 388 g/mol. The van der Waals surface area contributed by atoms with Gasteiger partial charge in [-0.1, -0.05) is 24.3 Å². The zero-order valence-corrected chi connectivity index (χ0v) is 16.9. The lowest BCUT2D eigenvalue weighted by Gasteiger charge is -2.13. The summed E-state index contributed by atoms with van der Waals surface area (Å²) in [5.74, 6) is 1.37. The molecule has 3 nitrogen and oxygen atoms in total. The molecule has 1 heterocycles. The van der Waals surface area contributed by atoms with Gasteiger partial charge in [0.05, 0.1) is 12.0 Å². The molecular formula is C25H25FN2O. The van der Waals surface area contributed by atoms with Gasteiger partial charge in [0, 0.05) is 13.1 Å². The summed E-state index contributed by atoms with van der Waals surface area (Å²) in [4.78, 5) is 6.93. The van der Waals surface area contributed by atoms with Gasteiger partial charge in [0.25, 0.3) is 0 Å². The Morgan fingerprint density at radius 2 is 1.48 bits per heavy atom. The zero-order chi connectivity index (χ0) is 20.2. The first-order valence-corrected chi connectivity index (χ1v) is 10.0. The fourth-order valence-electron chi connectivity index (χ4n) is 3.51. The maximum absolute atomic E-state index is 13.1. The molecule has 1 aliphatic heterocycles. The molecule has 0 N–H and O–H groups in total. The highest BCUT2D eigenvalue weighted by atomic mass is 19.1. The second-order valence-corrected chi connectivity index (χ2v) is 7.53. The summed E-state index contributed by atoms with van der Waals surface area (Å²) >= 11 is 0. The van der Waals surface area contributed by atoms with E-state index < -0.39 is 0 Å². The number of ether oxygens (including phenoxy) is 1. The molecule has 0 bridgehead atoms. The number of likely N-dealkylation sites (tertiary alicyclic amines) is 1. The summed E-state index contributed by atoms with van der Waals surface area (Å²) in [7, 11) is 0. The molecule has 29 heavy (non-hydrogen) atoms. The number of aryl methyl sites for hydroxylation is 2. The summed E-state index contributed by atoms with van der Waals surface area (Å²) < 4.78 is 19.2. The largest absolute Gasteiger partial charge is 0.457 e. The van der Waals surface area contributed by atoms with E-state index in [-0.39, 0.29) is 5.82 Å². The molecule has 0 radical (unpaired) electrons. The van der Waals surface area contributed by atoms with Gasteiger partial charge < -0.3 is 9.64 Å². The van der Waals surface area contributed by atoms with Crippen LogP contribution in [0.15, 0.2) is 65.7 Å². The van der Waals surface area contributed by atoms with Gasteiger partial charge in [0.15, 0.2) is 0 Å². The third kappa shape index (κ3) is 4.65. The first-order chi connectivity index (χ1) is 14.1. The van der Waals surface area contributed by atoms with Crippen LogP contribution in [0.4, 0.5) is 10.1 Å². The molecule has 148 valence electrons. The van der Waals surface area contributed by atoms with E-state index in [0.717, 1.165) is 52.5 Å². The third-order valence-corrected chi connectivity index (χ3v) is 5.25. The molecular weight excluding hydrogens is 363 g/mol. The van der Waals surface area contributed by atoms with Crippen LogP contribution in [-0.4, -0.2) is 24.3 Å². The molecule has 1 fully saturated rings. The number of rotatable bonds is 5. The Kier molecular flexibility index (Phi) is 5.61. The number of benzene rings is 3. The molecule has 1 aliphatic rings. The van der Waals surface area contributed by atoms with Crippen LogP contribution in [0.5, 0.6) is 11.5 Å². The van der Waals surface area contributed by atoms with E-state index in [1.165, 1.54) is 25.0 Å². The Morgan fingerprint density at radius 3 is 2.14 bits per heavy atom. The molecule has 4 rings (SSSR count). The lowest BCUT2D eigenvalue weighted by atomic mass is 10.1. The minimum absolute atomic E-state index is 0.229. The van der Waals surface area contributed by atoms with Gasteiger partial charge in [-0.05, 0) is 85.3 Å². The van der Waals surface area contributed by atoms with Crippen LogP contribution in [0.25, 0.3) is 11.1 Å². The Labute approximate surface area is 171 Å². The van der Waals surface area contributed by atoms with Crippen molar-refractivity contribution in [3.8, 4) is 22.6 Å². The second kappa shape index (κ2) is 8.48. The molecule has 0 aromatic heterocycles. The highest BCUT2D eigenvalue weighted by molar-refractivity contribution is 5.66. The van der Waals surface area contributed by atoms with Crippen molar-refractivity contribution in [1.82, 2.24) is 4.90 Å². The second-order valence-electron chi connectivity index (χ2n) is 7.53. The molecule has 1 saturated heterocycles. The minimum atomic E-state index is -0.229. The first-order valence-electron chi connectivity index (χ1n) is 10.0. The van der Waals surface area contributed by atoms with Gasteiger partial charge in [0.1, 0.15) is 17.3 Å². The predicted octanol–water partition coefficient (Wildman–Crippen LogP) is 6.66. The van der Waals surface area contributed by atoms with Gasteiger partial charge in [-0.2, -0.15) is 0 Å². The maximum atomic E-state index is 13.1. The average molecular weight is 388 g/mol. The predicted molar refractivity (Wildman–Crippen MR) is 117 cm³/mol. The Balaban J connectivity index is 1.48. The van der Waals surface area contributed by atoms with Crippen molar-refractivity contribution in [3.05, 3.63) is 77.6 Å². The topological polar surface area (TPSA) is 24.8 Å². The normalized spacial score (nSPS) is 14.0. The minimum Gasteiger partial charge on any atom is -0.457 e. The van der Waals surface area contributed by atoms with Crippen molar-refractivity contribution < 1.29 is 9.13 Å². The smallest absolute Gasteiger partial charge is 0.130 e.